The zero-order valence-electron chi connectivity index (χ0n) is 9.96. The number of hydrogen-bond acceptors (Lipinski definition) is 3. The van der Waals surface area contributed by atoms with Crippen LogP contribution in [0.25, 0.3) is 10.8 Å². The highest BCUT2D eigenvalue weighted by atomic mass is 16.6. The molecule has 1 unspecified atom stereocenters. The molecule has 2 aromatic rings. The Bertz CT molecular complexity index is 565. The fraction of sp³-hybridized carbons (Fsp3) is 0.267. The van der Waals surface area contributed by atoms with Gasteiger partial charge in [0, 0.05) is 5.56 Å². The van der Waals surface area contributed by atoms with Gasteiger partial charge in [-0.25, -0.2) is 0 Å². The molecule has 1 aliphatic rings. The summed E-state index contributed by atoms with van der Waals surface area (Å²) in [6.45, 7) is 1.41. The van der Waals surface area contributed by atoms with Crippen LogP contribution in [-0.4, -0.2) is 31.7 Å². The first-order chi connectivity index (χ1) is 8.86. The summed E-state index contributed by atoms with van der Waals surface area (Å²) < 4.78 is 10.8. The van der Waals surface area contributed by atoms with Gasteiger partial charge in [-0.05, 0) is 10.8 Å². The number of rotatable bonds is 2. The Labute approximate surface area is 105 Å². The number of carbonyl (C=O) groups excluding carboxylic acids is 1. The van der Waals surface area contributed by atoms with E-state index in [1.807, 2.05) is 42.5 Å². The van der Waals surface area contributed by atoms with Gasteiger partial charge in [0.2, 0.25) is 0 Å². The Morgan fingerprint density at radius 1 is 1.06 bits per heavy atom. The van der Waals surface area contributed by atoms with Crippen molar-refractivity contribution in [3.63, 3.8) is 0 Å². The lowest BCUT2D eigenvalue weighted by Crippen LogP contribution is -2.35. The van der Waals surface area contributed by atoms with Gasteiger partial charge < -0.3 is 9.47 Å². The van der Waals surface area contributed by atoms with Gasteiger partial charge >= 0.3 is 0 Å². The second-order valence-electron chi connectivity index (χ2n) is 4.33. The van der Waals surface area contributed by atoms with Crippen molar-refractivity contribution in [2.24, 2.45) is 0 Å². The first kappa shape index (κ1) is 11.4. The van der Waals surface area contributed by atoms with E-state index in [1.165, 1.54) is 0 Å². The van der Waals surface area contributed by atoms with Crippen molar-refractivity contribution >= 4 is 16.6 Å². The molecule has 1 saturated heterocycles. The fourth-order valence-corrected chi connectivity index (χ4v) is 2.25. The average molecular weight is 242 g/mol. The van der Waals surface area contributed by atoms with Gasteiger partial charge in [0.1, 0.15) is 6.10 Å². The van der Waals surface area contributed by atoms with Gasteiger partial charge in [-0.15, -0.1) is 0 Å². The lowest BCUT2D eigenvalue weighted by atomic mass is 9.99. The zero-order valence-corrected chi connectivity index (χ0v) is 9.96. The number of carbonyl (C=O) groups is 1. The predicted octanol–water partition coefficient (Wildman–Crippen LogP) is 2.44. The van der Waals surface area contributed by atoms with Crippen molar-refractivity contribution in [2.45, 2.75) is 6.10 Å². The summed E-state index contributed by atoms with van der Waals surface area (Å²) in [7, 11) is 0. The molecular formula is C15H14O3. The molecule has 2 aromatic carbocycles. The molecule has 92 valence electrons. The fourth-order valence-electron chi connectivity index (χ4n) is 2.25. The second kappa shape index (κ2) is 4.88. The minimum atomic E-state index is -0.468. The van der Waals surface area contributed by atoms with Crippen LogP contribution in [0.2, 0.25) is 0 Å². The van der Waals surface area contributed by atoms with E-state index >= 15 is 0 Å². The van der Waals surface area contributed by atoms with Crippen molar-refractivity contribution < 1.29 is 14.3 Å². The molecule has 3 heteroatoms. The molecule has 0 bridgehead atoms. The van der Waals surface area contributed by atoms with Gasteiger partial charge in [0.25, 0.3) is 0 Å². The number of ketones is 1. The van der Waals surface area contributed by atoms with Crippen LogP contribution in [0, 0.1) is 0 Å². The molecule has 1 atom stereocenters. The second-order valence-corrected chi connectivity index (χ2v) is 4.33. The standard InChI is InChI=1S/C15H14O3/c16-15(14-10-17-8-9-18-14)13-7-3-5-11-4-1-2-6-12(11)13/h1-7,14H,8-10H2. The maximum absolute atomic E-state index is 12.4. The highest BCUT2D eigenvalue weighted by Gasteiger charge is 2.24. The van der Waals surface area contributed by atoms with Crippen molar-refractivity contribution in [3.8, 4) is 0 Å². The van der Waals surface area contributed by atoms with E-state index in [4.69, 9.17) is 9.47 Å². The molecule has 1 fully saturated rings. The minimum Gasteiger partial charge on any atom is -0.376 e. The topological polar surface area (TPSA) is 35.5 Å². The number of fused-ring (bicyclic) bond motifs is 1. The molecule has 3 rings (SSSR count). The van der Waals surface area contributed by atoms with Crippen LogP contribution < -0.4 is 0 Å². The Morgan fingerprint density at radius 2 is 1.89 bits per heavy atom. The quantitative estimate of drug-likeness (QED) is 0.759. The Kier molecular flexibility index (Phi) is 3.09. The maximum atomic E-state index is 12.4. The zero-order chi connectivity index (χ0) is 12.4. The smallest absolute Gasteiger partial charge is 0.194 e. The van der Waals surface area contributed by atoms with Crippen LogP contribution >= 0.6 is 0 Å². The molecule has 18 heavy (non-hydrogen) atoms. The Morgan fingerprint density at radius 3 is 2.72 bits per heavy atom. The van der Waals surface area contributed by atoms with Crippen molar-refractivity contribution in [1.82, 2.24) is 0 Å². The Balaban J connectivity index is 2.00. The summed E-state index contributed by atoms with van der Waals surface area (Å²) in [6, 6.07) is 13.6. The first-order valence-corrected chi connectivity index (χ1v) is 6.07. The molecule has 0 radical (unpaired) electrons. The molecule has 1 heterocycles. The van der Waals surface area contributed by atoms with Gasteiger partial charge in [0.15, 0.2) is 5.78 Å². The molecule has 0 amide bonds. The van der Waals surface area contributed by atoms with E-state index < -0.39 is 6.10 Å². The third kappa shape index (κ3) is 2.03. The van der Waals surface area contributed by atoms with Crippen LogP contribution in [0.5, 0.6) is 0 Å². The molecule has 0 N–H and O–H groups in total. The molecular weight excluding hydrogens is 228 g/mol. The van der Waals surface area contributed by atoms with Crippen LogP contribution in [-0.2, 0) is 9.47 Å². The van der Waals surface area contributed by atoms with Gasteiger partial charge in [0.05, 0.1) is 19.8 Å². The third-order valence-corrected chi connectivity index (χ3v) is 3.16. The van der Waals surface area contributed by atoms with Crippen molar-refractivity contribution in [1.29, 1.82) is 0 Å². The summed E-state index contributed by atoms with van der Waals surface area (Å²) in [5.74, 6) is 0.00602. The normalized spacial score (nSPS) is 19.9. The predicted molar refractivity (Wildman–Crippen MR) is 68.8 cm³/mol. The van der Waals surface area contributed by atoms with E-state index in [0.29, 0.717) is 25.4 Å². The Hall–Kier alpha value is -1.71. The molecule has 1 aliphatic heterocycles. The van der Waals surface area contributed by atoms with E-state index in [-0.39, 0.29) is 5.78 Å². The number of hydrogen-bond donors (Lipinski definition) is 0. The largest absolute Gasteiger partial charge is 0.376 e. The van der Waals surface area contributed by atoms with E-state index in [0.717, 1.165) is 10.8 Å². The summed E-state index contributed by atoms with van der Waals surface area (Å²) in [6.07, 6.45) is -0.468. The van der Waals surface area contributed by atoms with Crippen molar-refractivity contribution in [2.75, 3.05) is 19.8 Å². The highest BCUT2D eigenvalue weighted by Crippen LogP contribution is 2.21. The molecule has 0 aromatic heterocycles. The van der Waals surface area contributed by atoms with Gasteiger partial charge in [-0.2, -0.15) is 0 Å². The van der Waals surface area contributed by atoms with E-state index in [1.54, 1.807) is 0 Å². The molecule has 0 spiro atoms. The van der Waals surface area contributed by atoms with Crippen LogP contribution in [0.1, 0.15) is 10.4 Å². The van der Waals surface area contributed by atoms with Crippen LogP contribution in [0.15, 0.2) is 42.5 Å². The maximum Gasteiger partial charge on any atom is 0.194 e. The lowest BCUT2D eigenvalue weighted by molar-refractivity contribution is -0.0718. The van der Waals surface area contributed by atoms with Crippen molar-refractivity contribution in [3.05, 3.63) is 48.0 Å². The number of benzene rings is 2. The molecule has 3 nitrogen and oxygen atoms in total. The molecule has 0 aliphatic carbocycles. The minimum absolute atomic E-state index is 0.00602. The van der Waals surface area contributed by atoms with Gasteiger partial charge in [-0.3, -0.25) is 4.79 Å². The third-order valence-electron chi connectivity index (χ3n) is 3.16. The summed E-state index contributed by atoms with van der Waals surface area (Å²) in [4.78, 5) is 12.4. The SMILES string of the molecule is O=C(c1cccc2ccccc12)C1COCCO1. The number of ether oxygens (including phenoxy) is 2. The summed E-state index contributed by atoms with van der Waals surface area (Å²) in [5, 5.41) is 2.04. The summed E-state index contributed by atoms with van der Waals surface area (Å²) in [5.41, 5.74) is 0.712. The number of Topliss-reactive ketones (excluding diaryl/α,β-unsaturated/α-hetero) is 1. The van der Waals surface area contributed by atoms with Crippen LogP contribution in [0.4, 0.5) is 0 Å². The van der Waals surface area contributed by atoms with E-state index in [9.17, 15) is 4.79 Å². The van der Waals surface area contributed by atoms with E-state index in [2.05, 4.69) is 0 Å². The highest BCUT2D eigenvalue weighted by molar-refractivity contribution is 6.10. The summed E-state index contributed by atoms with van der Waals surface area (Å²) >= 11 is 0. The van der Waals surface area contributed by atoms with Crippen LogP contribution in [0.3, 0.4) is 0 Å². The average Bonchev–Trinajstić information content (AvgIpc) is 2.47. The first-order valence-electron chi connectivity index (χ1n) is 6.07. The van der Waals surface area contributed by atoms with Gasteiger partial charge in [-0.1, -0.05) is 42.5 Å². The molecule has 0 saturated carbocycles. The lowest BCUT2D eigenvalue weighted by Gasteiger charge is -2.22. The monoisotopic (exact) mass is 242 g/mol.